The Morgan fingerprint density at radius 1 is 1.00 bits per heavy atom. The van der Waals surface area contributed by atoms with E-state index in [2.05, 4.69) is 4.98 Å². The van der Waals surface area contributed by atoms with Gasteiger partial charge in [0.25, 0.3) is 10.0 Å². The second-order valence-corrected chi connectivity index (χ2v) is 8.26. The van der Waals surface area contributed by atoms with Crippen molar-refractivity contribution in [3.8, 4) is 11.1 Å². The standard InChI is InChI=1S/C21H16N2O4S/c1-23-19(21(25)17-9-2-3-10-18(17)28(23,26)27)20(24)15-7-4-6-14(12-15)16-8-5-11-22-13-16/h2-13,25H,1H3. The summed E-state index contributed by atoms with van der Waals surface area (Å²) in [7, 11) is -2.67. The third-order valence-corrected chi connectivity index (χ3v) is 6.47. The molecule has 6 nitrogen and oxygen atoms in total. The monoisotopic (exact) mass is 392 g/mol. The summed E-state index contributed by atoms with van der Waals surface area (Å²) in [5, 5.41) is 10.7. The average molecular weight is 392 g/mol. The lowest BCUT2D eigenvalue weighted by Gasteiger charge is -2.28. The molecule has 0 aliphatic carbocycles. The molecule has 140 valence electrons. The van der Waals surface area contributed by atoms with Gasteiger partial charge in [-0.15, -0.1) is 0 Å². The van der Waals surface area contributed by atoms with Crippen LogP contribution in [-0.2, 0) is 10.0 Å². The average Bonchev–Trinajstić information content (AvgIpc) is 2.73. The summed E-state index contributed by atoms with van der Waals surface area (Å²) in [6.45, 7) is 0. The molecule has 0 atom stereocenters. The highest BCUT2D eigenvalue weighted by molar-refractivity contribution is 7.89. The maximum absolute atomic E-state index is 13.2. The molecule has 0 fully saturated rings. The van der Waals surface area contributed by atoms with Crippen molar-refractivity contribution in [2.45, 2.75) is 4.90 Å². The van der Waals surface area contributed by atoms with Gasteiger partial charge in [0, 0.05) is 36.1 Å². The van der Waals surface area contributed by atoms with E-state index in [1.165, 1.54) is 19.2 Å². The molecule has 4 rings (SSSR count). The molecule has 0 unspecified atom stereocenters. The SMILES string of the molecule is CN1C(C(=O)c2cccc(-c3cccnc3)c2)=C(O)c2ccccc2S1(=O)=O. The Morgan fingerprint density at radius 3 is 2.50 bits per heavy atom. The largest absolute Gasteiger partial charge is 0.505 e. The summed E-state index contributed by atoms with van der Waals surface area (Å²) in [4.78, 5) is 17.2. The van der Waals surface area contributed by atoms with Crippen molar-refractivity contribution in [2.24, 2.45) is 0 Å². The van der Waals surface area contributed by atoms with Crippen LogP contribution in [0, 0.1) is 0 Å². The van der Waals surface area contributed by atoms with Crippen LogP contribution in [0.5, 0.6) is 0 Å². The van der Waals surface area contributed by atoms with Crippen molar-refractivity contribution in [3.63, 3.8) is 0 Å². The van der Waals surface area contributed by atoms with Crippen molar-refractivity contribution in [3.05, 3.63) is 89.9 Å². The van der Waals surface area contributed by atoms with Gasteiger partial charge in [-0.25, -0.2) is 8.42 Å². The summed E-state index contributed by atoms with van der Waals surface area (Å²) in [6.07, 6.45) is 3.33. The van der Waals surface area contributed by atoms with E-state index in [-0.39, 0.29) is 27.5 Å². The minimum Gasteiger partial charge on any atom is -0.505 e. The van der Waals surface area contributed by atoms with Gasteiger partial charge in [0.1, 0.15) is 5.70 Å². The molecule has 0 saturated heterocycles. The summed E-state index contributed by atoms with van der Waals surface area (Å²) >= 11 is 0. The Morgan fingerprint density at radius 2 is 1.75 bits per heavy atom. The molecule has 28 heavy (non-hydrogen) atoms. The summed E-state index contributed by atoms with van der Waals surface area (Å²) in [5.41, 5.74) is 1.70. The van der Waals surface area contributed by atoms with Gasteiger partial charge in [0.05, 0.1) is 4.90 Å². The van der Waals surface area contributed by atoms with Crippen LogP contribution in [0.15, 0.2) is 83.6 Å². The van der Waals surface area contributed by atoms with Crippen LogP contribution in [-0.4, -0.2) is 35.6 Å². The third-order valence-electron chi connectivity index (χ3n) is 4.65. The molecule has 7 heteroatoms. The zero-order valence-electron chi connectivity index (χ0n) is 14.9. The number of carbonyl (C=O) groups is 1. The van der Waals surface area contributed by atoms with E-state index in [1.807, 2.05) is 12.1 Å². The summed E-state index contributed by atoms with van der Waals surface area (Å²) in [6, 6.07) is 16.5. The lowest BCUT2D eigenvalue weighted by Crippen LogP contribution is -2.35. The molecule has 2 aromatic carbocycles. The number of sulfonamides is 1. The molecule has 1 aromatic heterocycles. The molecular weight excluding hydrogens is 376 g/mol. The zero-order valence-corrected chi connectivity index (χ0v) is 15.7. The number of fused-ring (bicyclic) bond motifs is 1. The first kappa shape index (κ1) is 17.9. The van der Waals surface area contributed by atoms with Crippen LogP contribution in [0.4, 0.5) is 0 Å². The lowest BCUT2D eigenvalue weighted by molar-refractivity contribution is 0.101. The summed E-state index contributed by atoms with van der Waals surface area (Å²) < 4.78 is 26.4. The number of Topliss-reactive ketones (excluding diaryl/α,β-unsaturated/α-hetero) is 1. The Balaban J connectivity index is 1.85. The molecule has 3 aromatic rings. The number of allylic oxidation sites excluding steroid dienone is 1. The maximum Gasteiger partial charge on any atom is 0.265 e. The van der Waals surface area contributed by atoms with Crippen molar-refractivity contribution in [2.75, 3.05) is 7.05 Å². The Labute approximate surface area is 162 Å². The van der Waals surface area contributed by atoms with Gasteiger partial charge in [-0.2, -0.15) is 0 Å². The number of hydrogen-bond acceptors (Lipinski definition) is 5. The molecule has 0 radical (unpaired) electrons. The number of ketones is 1. The first-order valence-corrected chi connectivity index (χ1v) is 9.92. The number of benzene rings is 2. The quantitative estimate of drug-likeness (QED) is 0.690. The molecule has 1 aliphatic rings. The minimum atomic E-state index is -3.93. The van der Waals surface area contributed by atoms with E-state index in [0.717, 1.165) is 15.4 Å². The number of likely N-dealkylation sites (N-methyl/N-ethyl adjacent to an activating group) is 1. The fourth-order valence-electron chi connectivity index (χ4n) is 3.19. The van der Waals surface area contributed by atoms with Crippen molar-refractivity contribution < 1.29 is 18.3 Å². The van der Waals surface area contributed by atoms with Gasteiger partial charge < -0.3 is 5.11 Å². The first-order valence-electron chi connectivity index (χ1n) is 8.48. The molecule has 0 amide bonds. The topological polar surface area (TPSA) is 87.6 Å². The second kappa shape index (κ2) is 6.61. The van der Waals surface area contributed by atoms with E-state index >= 15 is 0 Å². The third kappa shape index (κ3) is 2.76. The van der Waals surface area contributed by atoms with E-state index < -0.39 is 15.8 Å². The van der Waals surface area contributed by atoms with Gasteiger partial charge >= 0.3 is 0 Å². The predicted octanol–water partition coefficient (Wildman–Crippen LogP) is 3.49. The molecule has 2 heterocycles. The van der Waals surface area contributed by atoms with E-state index in [0.29, 0.717) is 0 Å². The number of aromatic nitrogens is 1. The zero-order chi connectivity index (χ0) is 19.9. The van der Waals surface area contributed by atoms with Gasteiger partial charge in [-0.3, -0.25) is 14.1 Å². The first-order chi connectivity index (χ1) is 13.4. The smallest absolute Gasteiger partial charge is 0.265 e. The highest BCUT2D eigenvalue weighted by Gasteiger charge is 2.37. The van der Waals surface area contributed by atoms with Crippen LogP contribution in [0.1, 0.15) is 15.9 Å². The van der Waals surface area contributed by atoms with Gasteiger partial charge in [-0.1, -0.05) is 36.4 Å². The predicted molar refractivity (Wildman–Crippen MR) is 105 cm³/mol. The summed E-state index contributed by atoms with van der Waals surface area (Å²) in [5.74, 6) is -0.937. The number of hydrogen-bond donors (Lipinski definition) is 1. The number of nitrogens with zero attached hydrogens (tertiary/aromatic N) is 2. The Bertz CT molecular complexity index is 1220. The van der Waals surface area contributed by atoms with Gasteiger partial charge in [-0.05, 0) is 29.8 Å². The van der Waals surface area contributed by atoms with Gasteiger partial charge in [0.15, 0.2) is 5.76 Å². The molecule has 1 N–H and O–H groups in total. The van der Waals surface area contributed by atoms with E-state index in [1.54, 1.807) is 48.8 Å². The Hall–Kier alpha value is -3.45. The van der Waals surface area contributed by atoms with E-state index in [4.69, 9.17) is 0 Å². The Kier molecular flexibility index (Phi) is 4.24. The van der Waals surface area contributed by atoms with Crippen LogP contribution in [0.2, 0.25) is 0 Å². The van der Waals surface area contributed by atoms with Gasteiger partial charge in [0.2, 0.25) is 5.78 Å². The number of pyridine rings is 1. The second-order valence-electron chi connectivity index (χ2n) is 6.32. The van der Waals surface area contributed by atoms with Crippen LogP contribution in [0.25, 0.3) is 16.9 Å². The fourth-order valence-corrected chi connectivity index (χ4v) is 4.59. The number of rotatable bonds is 3. The van der Waals surface area contributed by atoms with Crippen LogP contribution < -0.4 is 0 Å². The normalized spacial score (nSPS) is 15.2. The fraction of sp³-hybridized carbons (Fsp3) is 0.0476. The number of aliphatic hydroxyl groups is 1. The number of carbonyl (C=O) groups excluding carboxylic acids is 1. The highest BCUT2D eigenvalue weighted by atomic mass is 32.2. The number of aliphatic hydroxyl groups excluding tert-OH is 1. The molecule has 0 saturated carbocycles. The van der Waals surface area contributed by atoms with Crippen molar-refractivity contribution in [1.82, 2.24) is 9.29 Å². The highest BCUT2D eigenvalue weighted by Crippen LogP contribution is 2.36. The molecule has 0 bridgehead atoms. The molecular formula is C21H16N2O4S. The van der Waals surface area contributed by atoms with Crippen LogP contribution >= 0.6 is 0 Å². The van der Waals surface area contributed by atoms with Crippen molar-refractivity contribution >= 4 is 21.6 Å². The maximum atomic E-state index is 13.2. The minimum absolute atomic E-state index is 0.0318. The molecule has 1 aliphatic heterocycles. The molecule has 0 spiro atoms. The van der Waals surface area contributed by atoms with Crippen LogP contribution in [0.3, 0.4) is 0 Å². The lowest BCUT2D eigenvalue weighted by atomic mass is 10.00. The van der Waals surface area contributed by atoms with E-state index in [9.17, 15) is 18.3 Å². The van der Waals surface area contributed by atoms with Crippen molar-refractivity contribution in [1.29, 1.82) is 0 Å².